The number of fused-ring (bicyclic) bond motifs is 1. The van der Waals surface area contributed by atoms with Crippen LogP contribution in [0.5, 0.6) is 0 Å². The monoisotopic (exact) mass is 314 g/mol. The number of rotatable bonds is 3. The first-order chi connectivity index (χ1) is 10.6. The fourth-order valence-electron chi connectivity index (χ4n) is 2.41. The molecule has 0 spiro atoms. The summed E-state index contributed by atoms with van der Waals surface area (Å²) in [6.45, 7) is 0. The minimum absolute atomic E-state index is 0.145. The average molecular weight is 314 g/mol. The molecule has 0 aromatic heterocycles. The zero-order valence-electron chi connectivity index (χ0n) is 11.8. The number of carbonyl (C=O) groups is 1. The van der Waals surface area contributed by atoms with Crippen LogP contribution in [0, 0.1) is 0 Å². The van der Waals surface area contributed by atoms with Gasteiger partial charge in [-0.3, -0.25) is 4.79 Å². The third-order valence-electron chi connectivity index (χ3n) is 3.42. The van der Waals surface area contributed by atoms with Gasteiger partial charge in [0.05, 0.1) is 10.6 Å². The molecular formula is C16H14N2O3S. The van der Waals surface area contributed by atoms with Crippen molar-refractivity contribution in [3.05, 3.63) is 65.1 Å². The lowest BCUT2D eigenvalue weighted by atomic mass is 10.1. The van der Waals surface area contributed by atoms with E-state index in [1.165, 1.54) is 13.1 Å². The number of benzene rings is 2. The minimum atomic E-state index is -3.82. The van der Waals surface area contributed by atoms with Crippen molar-refractivity contribution >= 4 is 27.1 Å². The number of anilines is 1. The van der Waals surface area contributed by atoms with E-state index in [9.17, 15) is 13.2 Å². The van der Waals surface area contributed by atoms with Crippen LogP contribution in [0.25, 0.3) is 5.70 Å². The maximum Gasteiger partial charge on any atom is 0.265 e. The van der Waals surface area contributed by atoms with E-state index in [0.717, 1.165) is 0 Å². The third kappa shape index (κ3) is 2.17. The molecule has 0 aliphatic carbocycles. The van der Waals surface area contributed by atoms with Crippen LogP contribution < -0.4 is 10.6 Å². The molecule has 0 bridgehead atoms. The van der Waals surface area contributed by atoms with E-state index >= 15 is 0 Å². The Hall–Kier alpha value is -2.60. The largest absolute Gasteiger partial charge is 0.354 e. The predicted octanol–water partition coefficient (Wildman–Crippen LogP) is 2.00. The molecule has 0 fully saturated rings. The van der Waals surface area contributed by atoms with Crippen molar-refractivity contribution in [2.45, 2.75) is 4.90 Å². The quantitative estimate of drug-likeness (QED) is 0.908. The van der Waals surface area contributed by atoms with Crippen molar-refractivity contribution in [3.8, 4) is 0 Å². The van der Waals surface area contributed by atoms with Gasteiger partial charge in [-0.2, -0.15) is 0 Å². The molecule has 22 heavy (non-hydrogen) atoms. The van der Waals surface area contributed by atoms with Gasteiger partial charge in [0.15, 0.2) is 4.91 Å². The molecule has 1 aliphatic rings. The van der Waals surface area contributed by atoms with E-state index in [1.807, 2.05) is 30.3 Å². The van der Waals surface area contributed by atoms with Gasteiger partial charge in [-0.05, 0) is 18.2 Å². The Bertz CT molecular complexity index is 871. The highest BCUT2D eigenvalue weighted by atomic mass is 32.2. The molecule has 0 saturated heterocycles. The topological polar surface area (TPSA) is 75.3 Å². The molecule has 5 nitrogen and oxygen atoms in total. The SMILES string of the molecule is CNC(=O)C1=C(Nc2ccccc2)c2ccccc2S1(=O)=O. The molecule has 0 unspecified atom stereocenters. The summed E-state index contributed by atoms with van der Waals surface area (Å²) in [5, 5.41) is 5.45. The van der Waals surface area contributed by atoms with Gasteiger partial charge < -0.3 is 10.6 Å². The minimum Gasteiger partial charge on any atom is -0.354 e. The second-order valence-corrected chi connectivity index (χ2v) is 6.63. The predicted molar refractivity (Wildman–Crippen MR) is 84.7 cm³/mol. The number of para-hydroxylation sites is 1. The number of amides is 1. The number of nitrogens with one attached hydrogen (secondary N) is 2. The van der Waals surface area contributed by atoms with Crippen LogP contribution in [-0.2, 0) is 14.6 Å². The van der Waals surface area contributed by atoms with Crippen molar-refractivity contribution in [3.63, 3.8) is 0 Å². The molecule has 2 aromatic rings. The van der Waals surface area contributed by atoms with Crippen molar-refractivity contribution in [2.24, 2.45) is 0 Å². The van der Waals surface area contributed by atoms with E-state index in [1.54, 1.807) is 18.2 Å². The zero-order chi connectivity index (χ0) is 15.7. The van der Waals surface area contributed by atoms with Crippen molar-refractivity contribution in [1.29, 1.82) is 0 Å². The fraction of sp³-hybridized carbons (Fsp3) is 0.0625. The summed E-state index contributed by atoms with van der Waals surface area (Å²) in [7, 11) is -2.41. The van der Waals surface area contributed by atoms with Gasteiger partial charge in [0.25, 0.3) is 5.91 Å². The molecule has 6 heteroatoms. The molecule has 1 amide bonds. The van der Waals surface area contributed by atoms with E-state index in [0.29, 0.717) is 16.9 Å². The summed E-state index contributed by atoms with van der Waals surface area (Å²) in [6.07, 6.45) is 0. The van der Waals surface area contributed by atoms with Crippen molar-refractivity contribution < 1.29 is 13.2 Å². The van der Waals surface area contributed by atoms with Crippen LogP contribution in [0.2, 0.25) is 0 Å². The Morgan fingerprint density at radius 2 is 1.59 bits per heavy atom. The Balaban J connectivity index is 2.22. The molecule has 112 valence electrons. The molecule has 0 saturated carbocycles. The number of likely N-dealkylation sites (N-methyl/N-ethyl adjacent to an activating group) is 1. The van der Waals surface area contributed by atoms with Crippen LogP contribution in [0.15, 0.2) is 64.4 Å². The third-order valence-corrected chi connectivity index (χ3v) is 5.28. The Morgan fingerprint density at radius 3 is 2.27 bits per heavy atom. The maximum atomic E-state index is 12.6. The molecule has 0 radical (unpaired) electrons. The molecule has 1 aliphatic heterocycles. The van der Waals surface area contributed by atoms with E-state index in [-0.39, 0.29) is 9.80 Å². The van der Waals surface area contributed by atoms with Crippen LogP contribution in [0.4, 0.5) is 5.69 Å². The number of carbonyl (C=O) groups excluding carboxylic acids is 1. The van der Waals surface area contributed by atoms with Gasteiger partial charge in [0.2, 0.25) is 9.84 Å². The van der Waals surface area contributed by atoms with Gasteiger partial charge in [-0.15, -0.1) is 0 Å². The van der Waals surface area contributed by atoms with Crippen LogP contribution in [0.1, 0.15) is 5.56 Å². The Labute approximate surface area is 128 Å². The first kappa shape index (κ1) is 14.3. The molecule has 2 N–H and O–H groups in total. The number of sulfone groups is 1. The Kier molecular flexibility index (Phi) is 3.46. The van der Waals surface area contributed by atoms with Crippen LogP contribution in [-0.4, -0.2) is 21.4 Å². The summed E-state index contributed by atoms with van der Waals surface area (Å²) in [4.78, 5) is 12.0. The highest BCUT2D eigenvalue weighted by Gasteiger charge is 2.39. The highest BCUT2D eigenvalue weighted by Crippen LogP contribution is 2.39. The molecule has 1 heterocycles. The van der Waals surface area contributed by atoms with Crippen molar-refractivity contribution in [1.82, 2.24) is 5.32 Å². The van der Waals surface area contributed by atoms with Gasteiger partial charge in [0, 0.05) is 18.3 Å². The molecule has 2 aromatic carbocycles. The smallest absolute Gasteiger partial charge is 0.265 e. The van der Waals surface area contributed by atoms with E-state index in [4.69, 9.17) is 0 Å². The van der Waals surface area contributed by atoms with Gasteiger partial charge in [-0.1, -0.05) is 36.4 Å². The first-order valence-corrected chi connectivity index (χ1v) is 8.17. The standard InChI is InChI=1S/C16H14N2O3S/c1-17-16(19)15-14(18-11-7-3-2-4-8-11)12-9-5-6-10-13(12)22(15,20)21/h2-10,18H,1H3,(H,17,19). The summed E-state index contributed by atoms with van der Waals surface area (Å²) >= 11 is 0. The summed E-state index contributed by atoms with van der Waals surface area (Å²) < 4.78 is 25.3. The van der Waals surface area contributed by atoms with Gasteiger partial charge >= 0.3 is 0 Å². The van der Waals surface area contributed by atoms with Gasteiger partial charge in [-0.25, -0.2) is 8.42 Å². The fourth-order valence-corrected chi connectivity index (χ4v) is 4.13. The summed E-state index contributed by atoms with van der Waals surface area (Å²) in [5.41, 5.74) is 1.52. The summed E-state index contributed by atoms with van der Waals surface area (Å²) in [5.74, 6) is -0.630. The number of hydrogen-bond donors (Lipinski definition) is 2. The molecule has 3 rings (SSSR count). The highest BCUT2D eigenvalue weighted by molar-refractivity contribution is 7.97. The second kappa shape index (κ2) is 5.31. The van der Waals surface area contributed by atoms with Crippen molar-refractivity contribution in [2.75, 3.05) is 12.4 Å². The molecule has 0 atom stereocenters. The zero-order valence-corrected chi connectivity index (χ0v) is 12.6. The lowest BCUT2D eigenvalue weighted by molar-refractivity contribution is -0.116. The Morgan fingerprint density at radius 1 is 0.955 bits per heavy atom. The molecular weight excluding hydrogens is 300 g/mol. The second-order valence-electron chi connectivity index (χ2n) is 4.77. The lowest BCUT2D eigenvalue weighted by Gasteiger charge is -2.10. The first-order valence-electron chi connectivity index (χ1n) is 6.68. The van der Waals surface area contributed by atoms with E-state index in [2.05, 4.69) is 10.6 Å². The number of hydrogen-bond acceptors (Lipinski definition) is 4. The summed E-state index contributed by atoms with van der Waals surface area (Å²) in [6, 6.07) is 15.7. The van der Waals surface area contributed by atoms with Crippen LogP contribution in [0.3, 0.4) is 0 Å². The van der Waals surface area contributed by atoms with E-state index < -0.39 is 15.7 Å². The lowest BCUT2D eigenvalue weighted by Crippen LogP contribution is -2.24. The average Bonchev–Trinajstić information content (AvgIpc) is 2.76. The normalized spacial score (nSPS) is 15.3. The van der Waals surface area contributed by atoms with Crippen LogP contribution >= 0.6 is 0 Å². The maximum absolute atomic E-state index is 12.6. The van der Waals surface area contributed by atoms with Gasteiger partial charge in [0.1, 0.15) is 0 Å².